The van der Waals surface area contributed by atoms with Gasteiger partial charge in [0.25, 0.3) is 0 Å². The fourth-order valence-electron chi connectivity index (χ4n) is 2.44. The van der Waals surface area contributed by atoms with Crippen LogP contribution in [-0.2, 0) is 0 Å². The molecule has 1 rings (SSSR count). The monoisotopic (exact) mass is 295 g/mol. The summed E-state index contributed by atoms with van der Waals surface area (Å²) in [6.45, 7) is 14.1. The number of likely N-dealkylation sites (N-methyl/N-ethyl adjacent to an activating group) is 1. The first-order valence-corrected chi connectivity index (χ1v) is 8.13. The van der Waals surface area contributed by atoms with Crippen LogP contribution in [0, 0.1) is 5.82 Å². The SMILES string of the molecule is CCN(CC)CCCN(CC)CCNc1cccc(F)c1. The smallest absolute Gasteiger partial charge is 0.125 e. The van der Waals surface area contributed by atoms with E-state index in [1.807, 2.05) is 6.07 Å². The van der Waals surface area contributed by atoms with E-state index < -0.39 is 0 Å². The molecule has 0 unspecified atom stereocenters. The van der Waals surface area contributed by atoms with Crippen molar-refractivity contribution >= 4 is 5.69 Å². The van der Waals surface area contributed by atoms with Crippen LogP contribution < -0.4 is 5.32 Å². The van der Waals surface area contributed by atoms with Gasteiger partial charge in [0.15, 0.2) is 0 Å². The summed E-state index contributed by atoms with van der Waals surface area (Å²) >= 11 is 0. The van der Waals surface area contributed by atoms with Crippen molar-refractivity contribution in [2.75, 3.05) is 51.1 Å². The molecule has 3 nitrogen and oxygen atoms in total. The summed E-state index contributed by atoms with van der Waals surface area (Å²) in [5, 5.41) is 3.28. The number of nitrogens with one attached hydrogen (secondary N) is 1. The highest BCUT2D eigenvalue weighted by Crippen LogP contribution is 2.08. The number of benzene rings is 1. The number of halogens is 1. The molecule has 0 amide bonds. The van der Waals surface area contributed by atoms with Gasteiger partial charge in [0.1, 0.15) is 5.82 Å². The number of hydrogen-bond donors (Lipinski definition) is 1. The van der Waals surface area contributed by atoms with E-state index in [0.29, 0.717) is 0 Å². The Morgan fingerprint density at radius 1 is 0.952 bits per heavy atom. The minimum Gasteiger partial charge on any atom is -0.384 e. The van der Waals surface area contributed by atoms with Crippen LogP contribution in [-0.4, -0.2) is 55.6 Å². The summed E-state index contributed by atoms with van der Waals surface area (Å²) in [5.74, 6) is -0.188. The number of rotatable bonds is 11. The summed E-state index contributed by atoms with van der Waals surface area (Å²) in [4.78, 5) is 4.90. The summed E-state index contributed by atoms with van der Waals surface area (Å²) in [6.07, 6.45) is 1.20. The molecule has 0 fully saturated rings. The van der Waals surface area contributed by atoms with Gasteiger partial charge in [0, 0.05) is 18.8 Å². The second kappa shape index (κ2) is 10.6. The van der Waals surface area contributed by atoms with Crippen molar-refractivity contribution in [1.29, 1.82) is 0 Å². The van der Waals surface area contributed by atoms with Gasteiger partial charge < -0.3 is 15.1 Å². The Labute approximate surface area is 129 Å². The van der Waals surface area contributed by atoms with E-state index in [1.54, 1.807) is 6.07 Å². The predicted molar refractivity (Wildman–Crippen MR) is 89.4 cm³/mol. The maximum Gasteiger partial charge on any atom is 0.125 e. The highest BCUT2D eigenvalue weighted by molar-refractivity contribution is 5.42. The predicted octanol–water partition coefficient (Wildman–Crippen LogP) is 3.29. The molecule has 1 aromatic carbocycles. The van der Waals surface area contributed by atoms with Crippen LogP contribution in [0.15, 0.2) is 24.3 Å². The highest BCUT2D eigenvalue weighted by Gasteiger charge is 2.04. The Morgan fingerprint density at radius 2 is 1.62 bits per heavy atom. The van der Waals surface area contributed by atoms with E-state index in [-0.39, 0.29) is 5.82 Å². The molecule has 1 aromatic rings. The molecular weight excluding hydrogens is 265 g/mol. The molecule has 0 atom stereocenters. The molecule has 1 N–H and O–H groups in total. The van der Waals surface area contributed by atoms with Gasteiger partial charge in [-0.2, -0.15) is 0 Å². The molecule has 0 aromatic heterocycles. The second-order valence-electron chi connectivity index (χ2n) is 5.25. The maximum absolute atomic E-state index is 13.1. The van der Waals surface area contributed by atoms with Crippen LogP contribution in [0.3, 0.4) is 0 Å². The average Bonchev–Trinajstić information content (AvgIpc) is 2.50. The molecule has 0 saturated carbocycles. The summed E-state index contributed by atoms with van der Waals surface area (Å²) in [6, 6.07) is 6.65. The van der Waals surface area contributed by atoms with Gasteiger partial charge in [0.2, 0.25) is 0 Å². The van der Waals surface area contributed by atoms with E-state index in [1.165, 1.54) is 25.1 Å². The zero-order valence-corrected chi connectivity index (χ0v) is 13.7. The van der Waals surface area contributed by atoms with Crippen molar-refractivity contribution in [2.45, 2.75) is 27.2 Å². The summed E-state index contributed by atoms with van der Waals surface area (Å²) in [5.41, 5.74) is 0.856. The number of anilines is 1. The van der Waals surface area contributed by atoms with Crippen LogP contribution in [0.5, 0.6) is 0 Å². The van der Waals surface area contributed by atoms with Crippen LogP contribution in [0.1, 0.15) is 27.2 Å². The molecule has 0 aliphatic carbocycles. The fourth-order valence-corrected chi connectivity index (χ4v) is 2.44. The van der Waals surface area contributed by atoms with E-state index in [9.17, 15) is 4.39 Å². The van der Waals surface area contributed by atoms with Crippen LogP contribution in [0.25, 0.3) is 0 Å². The van der Waals surface area contributed by atoms with Gasteiger partial charge in [0.05, 0.1) is 0 Å². The normalized spacial score (nSPS) is 11.3. The first-order valence-electron chi connectivity index (χ1n) is 8.13. The van der Waals surface area contributed by atoms with Gasteiger partial charge in [-0.1, -0.05) is 26.8 Å². The molecule has 0 aliphatic heterocycles. The molecule has 0 spiro atoms. The minimum atomic E-state index is -0.188. The van der Waals surface area contributed by atoms with Crippen molar-refractivity contribution in [2.24, 2.45) is 0 Å². The molecule has 120 valence electrons. The van der Waals surface area contributed by atoms with E-state index >= 15 is 0 Å². The van der Waals surface area contributed by atoms with Gasteiger partial charge in [-0.05, 0) is 57.3 Å². The third-order valence-corrected chi connectivity index (χ3v) is 3.87. The summed E-state index contributed by atoms with van der Waals surface area (Å²) in [7, 11) is 0. The molecule has 0 heterocycles. The lowest BCUT2D eigenvalue weighted by Crippen LogP contribution is -2.33. The Morgan fingerprint density at radius 3 is 2.24 bits per heavy atom. The van der Waals surface area contributed by atoms with Gasteiger partial charge in [-0.25, -0.2) is 4.39 Å². The fraction of sp³-hybridized carbons (Fsp3) is 0.647. The third kappa shape index (κ3) is 7.44. The Bertz CT molecular complexity index is 380. The lowest BCUT2D eigenvalue weighted by atomic mass is 10.3. The maximum atomic E-state index is 13.1. The highest BCUT2D eigenvalue weighted by atomic mass is 19.1. The average molecular weight is 295 g/mol. The minimum absolute atomic E-state index is 0.188. The summed E-state index contributed by atoms with van der Waals surface area (Å²) < 4.78 is 13.1. The van der Waals surface area contributed by atoms with Crippen molar-refractivity contribution < 1.29 is 4.39 Å². The first-order chi connectivity index (χ1) is 10.2. The second-order valence-corrected chi connectivity index (χ2v) is 5.25. The van der Waals surface area contributed by atoms with Crippen molar-refractivity contribution in [3.63, 3.8) is 0 Å². The van der Waals surface area contributed by atoms with Gasteiger partial charge >= 0.3 is 0 Å². The van der Waals surface area contributed by atoms with Crippen LogP contribution in [0.2, 0.25) is 0 Å². The quantitative estimate of drug-likeness (QED) is 0.676. The molecular formula is C17H30FN3. The number of hydrogen-bond acceptors (Lipinski definition) is 3. The van der Waals surface area contributed by atoms with Crippen molar-refractivity contribution in [3.8, 4) is 0 Å². The van der Waals surface area contributed by atoms with Crippen LogP contribution >= 0.6 is 0 Å². The molecule has 21 heavy (non-hydrogen) atoms. The lowest BCUT2D eigenvalue weighted by molar-refractivity contribution is 0.248. The van der Waals surface area contributed by atoms with Crippen molar-refractivity contribution in [1.82, 2.24) is 9.80 Å². The molecule has 0 saturated heterocycles. The number of nitrogens with zero attached hydrogens (tertiary/aromatic N) is 2. The Balaban J connectivity index is 2.21. The standard InChI is InChI=1S/C17H30FN3/c1-4-20(5-2)12-8-13-21(6-3)14-11-19-17-10-7-9-16(18)15-17/h7,9-10,15,19H,4-6,8,11-14H2,1-3H3. The van der Waals surface area contributed by atoms with Gasteiger partial charge in [-0.15, -0.1) is 0 Å². The van der Waals surface area contributed by atoms with Crippen LogP contribution in [0.4, 0.5) is 10.1 Å². The molecule has 4 heteroatoms. The van der Waals surface area contributed by atoms with E-state index in [0.717, 1.165) is 45.0 Å². The van der Waals surface area contributed by atoms with Gasteiger partial charge in [-0.3, -0.25) is 0 Å². The molecule has 0 bridgehead atoms. The molecule has 0 aliphatic rings. The Hall–Kier alpha value is -1.13. The zero-order chi connectivity index (χ0) is 15.5. The first kappa shape index (κ1) is 17.9. The van der Waals surface area contributed by atoms with E-state index in [4.69, 9.17) is 0 Å². The Kier molecular flexibility index (Phi) is 9.02. The van der Waals surface area contributed by atoms with Crippen molar-refractivity contribution in [3.05, 3.63) is 30.1 Å². The van der Waals surface area contributed by atoms with E-state index in [2.05, 4.69) is 35.9 Å². The largest absolute Gasteiger partial charge is 0.384 e. The topological polar surface area (TPSA) is 18.5 Å². The zero-order valence-electron chi connectivity index (χ0n) is 13.7. The third-order valence-electron chi connectivity index (χ3n) is 3.87. The lowest BCUT2D eigenvalue weighted by Gasteiger charge is -2.23. The molecule has 0 radical (unpaired) electrons.